The van der Waals surface area contributed by atoms with Gasteiger partial charge in [-0.1, -0.05) is 25.0 Å². The zero-order chi connectivity index (χ0) is 24.0. The van der Waals surface area contributed by atoms with Crippen LogP contribution in [0.2, 0.25) is 0 Å². The summed E-state index contributed by atoms with van der Waals surface area (Å²) in [6.45, 7) is 2.65. The van der Waals surface area contributed by atoms with Gasteiger partial charge in [0.1, 0.15) is 5.54 Å². The number of nitrogens with one attached hydrogen (secondary N) is 1. The second kappa shape index (κ2) is 8.27. The third kappa shape index (κ3) is 4.00. The van der Waals surface area contributed by atoms with Gasteiger partial charge in [0.15, 0.2) is 6.61 Å². The van der Waals surface area contributed by atoms with E-state index in [-0.39, 0.29) is 16.4 Å². The topological polar surface area (TPSA) is 136 Å². The van der Waals surface area contributed by atoms with Gasteiger partial charge in [-0.25, -0.2) is 18.4 Å². The molecule has 4 rings (SSSR count). The van der Waals surface area contributed by atoms with E-state index in [2.05, 4.69) is 5.32 Å². The average molecular weight is 472 g/mol. The standard InChI is InChI=1S/C23H25N3O6S/c1-14-11-16(12-19(15(14)2)33(24,30)31)21(28)32-13-20(27)26-18-8-4-3-7-17(18)25-22(29)23(26)9-5-6-10-23/h3-4,7-8,11-12H,5-6,9-10,13H2,1-2H3,(H,25,29)(H2,24,30,31). The predicted molar refractivity (Wildman–Crippen MR) is 121 cm³/mol. The lowest BCUT2D eigenvalue weighted by molar-refractivity contribution is -0.129. The van der Waals surface area contributed by atoms with E-state index in [1.807, 2.05) is 0 Å². The number of aryl methyl sites for hydroxylation is 1. The van der Waals surface area contributed by atoms with Gasteiger partial charge in [0, 0.05) is 0 Å². The SMILES string of the molecule is Cc1cc(C(=O)OCC(=O)N2c3ccccc3NC(=O)C23CCCC3)cc(S(N)(=O)=O)c1C. The summed E-state index contributed by atoms with van der Waals surface area (Å²) >= 11 is 0. The minimum atomic E-state index is -4.04. The van der Waals surface area contributed by atoms with Crippen LogP contribution in [0.3, 0.4) is 0 Å². The Morgan fingerprint density at radius 2 is 1.82 bits per heavy atom. The van der Waals surface area contributed by atoms with Crippen LogP contribution in [-0.4, -0.2) is 38.3 Å². The van der Waals surface area contributed by atoms with Crippen molar-refractivity contribution in [2.45, 2.75) is 50.0 Å². The summed E-state index contributed by atoms with van der Waals surface area (Å²) in [5, 5.41) is 8.15. The van der Waals surface area contributed by atoms with Crippen molar-refractivity contribution >= 4 is 39.2 Å². The fraction of sp³-hybridized carbons (Fsp3) is 0.348. The van der Waals surface area contributed by atoms with Gasteiger partial charge >= 0.3 is 5.97 Å². The Morgan fingerprint density at radius 1 is 1.15 bits per heavy atom. The molecular weight excluding hydrogens is 446 g/mol. The number of sulfonamides is 1. The molecule has 1 saturated carbocycles. The van der Waals surface area contributed by atoms with Gasteiger partial charge in [-0.3, -0.25) is 14.5 Å². The van der Waals surface area contributed by atoms with Crippen LogP contribution in [0.5, 0.6) is 0 Å². The molecule has 1 heterocycles. The van der Waals surface area contributed by atoms with Crippen LogP contribution in [0.25, 0.3) is 0 Å². The summed E-state index contributed by atoms with van der Waals surface area (Å²) in [5.41, 5.74) is 1.02. The normalized spacial score (nSPS) is 16.9. The summed E-state index contributed by atoms with van der Waals surface area (Å²) in [7, 11) is -4.04. The first-order chi connectivity index (χ1) is 15.5. The van der Waals surface area contributed by atoms with Gasteiger partial charge in [0.2, 0.25) is 10.0 Å². The van der Waals surface area contributed by atoms with Gasteiger partial charge < -0.3 is 10.1 Å². The maximum atomic E-state index is 13.3. The van der Waals surface area contributed by atoms with Crippen molar-refractivity contribution in [3.63, 3.8) is 0 Å². The largest absolute Gasteiger partial charge is 0.452 e. The Morgan fingerprint density at radius 3 is 2.48 bits per heavy atom. The quantitative estimate of drug-likeness (QED) is 0.657. The Balaban J connectivity index is 1.60. The number of hydrogen-bond acceptors (Lipinski definition) is 6. The maximum Gasteiger partial charge on any atom is 0.338 e. The Bertz CT molecular complexity index is 1260. The van der Waals surface area contributed by atoms with Crippen LogP contribution in [0.4, 0.5) is 11.4 Å². The van der Waals surface area contributed by atoms with Crippen molar-refractivity contribution in [3.05, 3.63) is 53.1 Å². The summed E-state index contributed by atoms with van der Waals surface area (Å²) in [4.78, 5) is 40.2. The number of esters is 1. The van der Waals surface area contributed by atoms with Crippen molar-refractivity contribution in [3.8, 4) is 0 Å². The number of primary sulfonamides is 1. The smallest absolute Gasteiger partial charge is 0.338 e. The number of anilines is 2. The van der Waals surface area contributed by atoms with Crippen molar-refractivity contribution in [2.24, 2.45) is 5.14 Å². The lowest BCUT2D eigenvalue weighted by Gasteiger charge is -2.44. The van der Waals surface area contributed by atoms with Gasteiger partial charge in [-0.2, -0.15) is 0 Å². The molecule has 3 N–H and O–H groups in total. The van der Waals surface area contributed by atoms with Crippen LogP contribution in [0.1, 0.15) is 47.2 Å². The van der Waals surface area contributed by atoms with E-state index in [1.165, 1.54) is 11.0 Å². The Labute approximate surface area is 191 Å². The van der Waals surface area contributed by atoms with Crippen molar-refractivity contribution in [1.82, 2.24) is 0 Å². The van der Waals surface area contributed by atoms with Crippen LogP contribution in [-0.2, 0) is 24.3 Å². The number of benzene rings is 2. The lowest BCUT2D eigenvalue weighted by Crippen LogP contribution is -2.61. The molecule has 2 aliphatic rings. The highest BCUT2D eigenvalue weighted by atomic mass is 32.2. The number of nitrogens with zero attached hydrogens (tertiary/aromatic N) is 1. The first-order valence-corrected chi connectivity index (χ1v) is 12.1. The maximum absolute atomic E-state index is 13.3. The van der Waals surface area contributed by atoms with Crippen LogP contribution >= 0.6 is 0 Å². The number of carbonyl (C=O) groups excluding carboxylic acids is 3. The summed E-state index contributed by atoms with van der Waals surface area (Å²) < 4.78 is 29.0. The minimum absolute atomic E-state index is 0.0257. The second-order valence-corrected chi connectivity index (χ2v) is 10.0. The molecule has 0 radical (unpaired) electrons. The molecule has 0 atom stereocenters. The van der Waals surface area contributed by atoms with Crippen molar-refractivity contribution in [2.75, 3.05) is 16.8 Å². The van der Waals surface area contributed by atoms with E-state index in [4.69, 9.17) is 9.88 Å². The predicted octanol–water partition coefficient (Wildman–Crippen LogP) is 2.41. The zero-order valence-electron chi connectivity index (χ0n) is 18.4. The van der Waals surface area contributed by atoms with E-state index < -0.39 is 34.0 Å². The van der Waals surface area contributed by atoms with Gasteiger partial charge in [-0.05, 0) is 62.1 Å². The molecular formula is C23H25N3O6S. The number of amides is 2. The van der Waals surface area contributed by atoms with Crippen molar-refractivity contribution < 1.29 is 27.5 Å². The average Bonchev–Trinajstić information content (AvgIpc) is 3.24. The second-order valence-electron chi connectivity index (χ2n) is 8.48. The molecule has 0 unspecified atom stereocenters. The number of nitrogens with two attached hydrogens (primary N) is 1. The number of hydrogen-bond donors (Lipinski definition) is 2. The van der Waals surface area contributed by atoms with E-state index in [1.54, 1.807) is 38.1 Å². The third-order valence-electron chi connectivity index (χ3n) is 6.41. The summed E-state index contributed by atoms with van der Waals surface area (Å²) in [6, 6.07) is 9.62. The molecule has 1 aliphatic heterocycles. The van der Waals surface area contributed by atoms with Gasteiger partial charge in [0.25, 0.3) is 11.8 Å². The van der Waals surface area contributed by atoms with E-state index in [9.17, 15) is 22.8 Å². The highest BCUT2D eigenvalue weighted by molar-refractivity contribution is 7.89. The lowest BCUT2D eigenvalue weighted by atomic mass is 9.90. The molecule has 1 fully saturated rings. The molecule has 10 heteroatoms. The Kier molecular flexibility index (Phi) is 5.75. The number of fused-ring (bicyclic) bond motifs is 1. The van der Waals surface area contributed by atoms with Crippen LogP contribution in [0, 0.1) is 13.8 Å². The number of ether oxygens (including phenoxy) is 1. The number of rotatable bonds is 4. The molecule has 2 aromatic rings. The van der Waals surface area contributed by atoms with Crippen molar-refractivity contribution in [1.29, 1.82) is 0 Å². The molecule has 0 aromatic heterocycles. The highest BCUT2D eigenvalue weighted by Gasteiger charge is 2.52. The molecule has 1 spiro atoms. The first-order valence-electron chi connectivity index (χ1n) is 10.6. The van der Waals surface area contributed by atoms with Gasteiger partial charge in [-0.15, -0.1) is 0 Å². The zero-order valence-corrected chi connectivity index (χ0v) is 19.2. The molecule has 1 aliphatic carbocycles. The molecule has 2 amide bonds. The summed E-state index contributed by atoms with van der Waals surface area (Å²) in [5.74, 6) is -1.63. The number of para-hydroxylation sites is 2. The van der Waals surface area contributed by atoms with E-state index >= 15 is 0 Å². The Hall–Kier alpha value is -3.24. The third-order valence-corrected chi connectivity index (χ3v) is 7.45. The van der Waals surface area contributed by atoms with Crippen LogP contribution in [0.15, 0.2) is 41.3 Å². The number of carbonyl (C=O) groups is 3. The molecule has 0 saturated heterocycles. The molecule has 2 aromatic carbocycles. The van der Waals surface area contributed by atoms with E-state index in [0.717, 1.165) is 18.9 Å². The highest BCUT2D eigenvalue weighted by Crippen LogP contribution is 2.45. The fourth-order valence-corrected chi connectivity index (χ4v) is 5.52. The molecule has 9 nitrogen and oxygen atoms in total. The fourth-order valence-electron chi connectivity index (χ4n) is 4.64. The summed E-state index contributed by atoms with van der Waals surface area (Å²) in [6.07, 6.45) is 2.64. The van der Waals surface area contributed by atoms with Gasteiger partial charge in [0.05, 0.1) is 21.8 Å². The minimum Gasteiger partial charge on any atom is -0.452 e. The van der Waals surface area contributed by atoms with E-state index in [0.29, 0.717) is 35.3 Å². The first kappa shape index (κ1) is 22.9. The van der Waals surface area contributed by atoms with Crippen LogP contribution < -0.4 is 15.4 Å². The molecule has 0 bridgehead atoms. The molecule has 33 heavy (non-hydrogen) atoms. The molecule has 174 valence electrons. The monoisotopic (exact) mass is 471 g/mol.